The Labute approximate surface area is 178 Å². The summed E-state index contributed by atoms with van der Waals surface area (Å²) in [7, 11) is 2.20. The molecule has 2 nitrogen and oxygen atoms in total. The van der Waals surface area contributed by atoms with Gasteiger partial charge in [0.2, 0.25) is 0 Å². The van der Waals surface area contributed by atoms with Crippen molar-refractivity contribution >= 4 is 17.5 Å². The van der Waals surface area contributed by atoms with E-state index < -0.39 is 0 Å². The summed E-state index contributed by atoms with van der Waals surface area (Å²) in [5.74, 6) is 0. The minimum Gasteiger partial charge on any atom is -0.374 e. The van der Waals surface area contributed by atoms with E-state index in [-0.39, 0.29) is 0 Å². The Hall–Kier alpha value is -2.09. The number of benzene rings is 1. The zero-order valence-corrected chi connectivity index (χ0v) is 18.8. The summed E-state index contributed by atoms with van der Waals surface area (Å²) >= 11 is 0. The van der Waals surface area contributed by atoms with Crippen LogP contribution in [0.1, 0.15) is 69.9 Å². The molecular formula is C27H38N2. The van der Waals surface area contributed by atoms with Crippen LogP contribution in [0, 0.1) is 10.8 Å². The number of fused-ring (bicyclic) bond motifs is 2. The summed E-state index contributed by atoms with van der Waals surface area (Å²) in [5.41, 5.74) is 6.79. The lowest BCUT2D eigenvalue weighted by Crippen LogP contribution is -2.31. The Morgan fingerprint density at radius 2 is 1.86 bits per heavy atom. The molecule has 0 radical (unpaired) electrons. The molecule has 0 unspecified atom stereocenters. The van der Waals surface area contributed by atoms with E-state index in [0.717, 1.165) is 30.8 Å². The van der Waals surface area contributed by atoms with Gasteiger partial charge in [0.1, 0.15) is 0 Å². The van der Waals surface area contributed by atoms with Gasteiger partial charge in [-0.3, -0.25) is 4.99 Å². The molecule has 0 amide bonds. The fourth-order valence-corrected chi connectivity index (χ4v) is 5.60. The minimum absolute atomic E-state index is 0.317. The van der Waals surface area contributed by atoms with Gasteiger partial charge in [0.25, 0.3) is 0 Å². The molecule has 0 aliphatic heterocycles. The number of aliphatic imine (C=N–C) groups is 1. The first-order valence-corrected chi connectivity index (χ1v) is 11.1. The number of hydrogen-bond donors (Lipinski definition) is 0. The van der Waals surface area contributed by atoms with Crippen molar-refractivity contribution in [3.8, 4) is 0 Å². The molecule has 0 spiro atoms. The van der Waals surface area contributed by atoms with Gasteiger partial charge in [-0.05, 0) is 67.4 Å². The van der Waals surface area contributed by atoms with Crippen molar-refractivity contribution < 1.29 is 0 Å². The minimum atomic E-state index is 0.317. The Morgan fingerprint density at radius 3 is 2.52 bits per heavy atom. The van der Waals surface area contributed by atoms with E-state index in [1.54, 1.807) is 0 Å². The second-order valence-electron chi connectivity index (χ2n) is 9.46. The molecule has 3 rings (SSSR count). The molecule has 2 aliphatic carbocycles. The van der Waals surface area contributed by atoms with Crippen molar-refractivity contribution in [1.82, 2.24) is 4.90 Å². The van der Waals surface area contributed by atoms with Gasteiger partial charge < -0.3 is 4.90 Å². The fraction of sp³-hybridized carbons (Fsp3) is 0.519. The molecule has 2 heteroatoms. The van der Waals surface area contributed by atoms with Gasteiger partial charge >= 0.3 is 0 Å². The number of hydrogen-bond acceptors (Lipinski definition) is 2. The van der Waals surface area contributed by atoms with Gasteiger partial charge in [0.05, 0.1) is 6.54 Å². The van der Waals surface area contributed by atoms with E-state index in [2.05, 4.69) is 69.8 Å². The lowest BCUT2D eigenvalue weighted by Gasteiger charge is -2.34. The van der Waals surface area contributed by atoms with Crippen LogP contribution in [0.25, 0.3) is 11.8 Å². The highest BCUT2D eigenvalue weighted by Gasteiger charge is 2.55. The summed E-state index contributed by atoms with van der Waals surface area (Å²) < 4.78 is 0. The molecule has 29 heavy (non-hydrogen) atoms. The largest absolute Gasteiger partial charge is 0.374 e. The van der Waals surface area contributed by atoms with Gasteiger partial charge in [-0.2, -0.15) is 0 Å². The molecule has 0 saturated heterocycles. The molecule has 2 aliphatic rings. The van der Waals surface area contributed by atoms with Crippen LogP contribution in [0.2, 0.25) is 0 Å². The normalized spacial score (nSPS) is 25.8. The third-order valence-corrected chi connectivity index (χ3v) is 7.41. The highest BCUT2D eigenvalue weighted by Crippen LogP contribution is 2.64. The van der Waals surface area contributed by atoms with Crippen molar-refractivity contribution in [2.75, 3.05) is 20.1 Å². The molecule has 2 bridgehead atoms. The molecule has 2 saturated carbocycles. The van der Waals surface area contributed by atoms with E-state index in [0.29, 0.717) is 10.8 Å². The first kappa shape index (κ1) is 21.6. The molecule has 1 aromatic rings. The highest BCUT2D eigenvalue weighted by atomic mass is 15.1. The van der Waals surface area contributed by atoms with Crippen LogP contribution in [0.4, 0.5) is 0 Å². The van der Waals surface area contributed by atoms with E-state index in [4.69, 9.17) is 4.99 Å². The maximum absolute atomic E-state index is 4.82. The summed E-state index contributed by atoms with van der Waals surface area (Å²) in [6.45, 7) is 19.1. The van der Waals surface area contributed by atoms with Gasteiger partial charge in [-0.25, -0.2) is 0 Å². The van der Waals surface area contributed by atoms with Crippen molar-refractivity contribution in [2.45, 2.75) is 58.8 Å². The quantitative estimate of drug-likeness (QED) is 0.310. The molecule has 2 fully saturated rings. The van der Waals surface area contributed by atoms with E-state index in [1.165, 1.54) is 55.4 Å². The van der Waals surface area contributed by atoms with Crippen LogP contribution < -0.4 is 0 Å². The third-order valence-electron chi connectivity index (χ3n) is 7.41. The molecular weight excluding hydrogens is 352 g/mol. The van der Waals surface area contributed by atoms with Crippen LogP contribution in [-0.2, 0) is 0 Å². The van der Waals surface area contributed by atoms with Crippen LogP contribution in [-0.4, -0.2) is 30.7 Å². The Balaban J connectivity index is 1.66. The van der Waals surface area contributed by atoms with Gasteiger partial charge in [0.15, 0.2) is 0 Å². The van der Waals surface area contributed by atoms with Crippen LogP contribution in [0.15, 0.2) is 54.6 Å². The number of nitrogens with zero attached hydrogens (tertiary/aromatic N) is 2. The van der Waals surface area contributed by atoms with Crippen LogP contribution in [0.3, 0.4) is 0 Å². The SMILES string of the molecule is C=Cc1ccccc1C(=C)N(C)CC12CCC(C(=C)CN=C(C)CCC)(CC1)C2. The van der Waals surface area contributed by atoms with Crippen molar-refractivity contribution in [2.24, 2.45) is 15.8 Å². The predicted octanol–water partition coefficient (Wildman–Crippen LogP) is 7.00. The van der Waals surface area contributed by atoms with Gasteiger partial charge in [-0.1, -0.05) is 63.4 Å². The summed E-state index contributed by atoms with van der Waals surface area (Å²) in [6.07, 6.45) is 10.6. The second-order valence-corrected chi connectivity index (χ2v) is 9.46. The predicted molar refractivity (Wildman–Crippen MR) is 128 cm³/mol. The van der Waals surface area contributed by atoms with Gasteiger partial charge in [-0.15, -0.1) is 0 Å². The summed E-state index contributed by atoms with van der Waals surface area (Å²) in [6, 6.07) is 8.41. The highest BCUT2D eigenvalue weighted by molar-refractivity contribution is 5.81. The van der Waals surface area contributed by atoms with Gasteiger partial charge in [0, 0.05) is 30.6 Å². The average Bonchev–Trinajstić information content (AvgIpc) is 3.28. The third kappa shape index (κ3) is 4.42. The lowest BCUT2D eigenvalue weighted by atomic mass is 9.77. The molecule has 0 aromatic heterocycles. The monoisotopic (exact) mass is 390 g/mol. The van der Waals surface area contributed by atoms with Crippen LogP contribution in [0.5, 0.6) is 0 Å². The van der Waals surface area contributed by atoms with E-state index in [1.807, 2.05) is 6.08 Å². The molecule has 1 aromatic carbocycles. The Kier molecular flexibility index (Phi) is 6.51. The molecule has 156 valence electrons. The topological polar surface area (TPSA) is 15.6 Å². The Morgan fingerprint density at radius 1 is 1.17 bits per heavy atom. The molecule has 0 atom stereocenters. The van der Waals surface area contributed by atoms with Crippen molar-refractivity contribution in [3.63, 3.8) is 0 Å². The smallest absolute Gasteiger partial charge is 0.0601 e. The first-order chi connectivity index (χ1) is 13.8. The lowest BCUT2D eigenvalue weighted by molar-refractivity contribution is 0.224. The molecule has 0 heterocycles. The zero-order valence-electron chi connectivity index (χ0n) is 18.8. The zero-order chi connectivity index (χ0) is 21.1. The maximum atomic E-state index is 4.82. The Bertz CT molecular complexity index is 806. The number of rotatable bonds is 10. The molecule has 0 N–H and O–H groups in total. The summed E-state index contributed by atoms with van der Waals surface area (Å²) in [5, 5.41) is 0. The fourth-order valence-electron chi connectivity index (χ4n) is 5.60. The van der Waals surface area contributed by atoms with E-state index in [9.17, 15) is 0 Å². The average molecular weight is 391 g/mol. The maximum Gasteiger partial charge on any atom is 0.0601 e. The summed E-state index contributed by atoms with van der Waals surface area (Å²) in [4.78, 5) is 7.19. The van der Waals surface area contributed by atoms with Crippen molar-refractivity contribution in [1.29, 1.82) is 0 Å². The second kappa shape index (κ2) is 8.73. The van der Waals surface area contributed by atoms with Crippen LogP contribution >= 0.6 is 0 Å². The first-order valence-electron chi connectivity index (χ1n) is 11.1. The van der Waals surface area contributed by atoms with E-state index >= 15 is 0 Å². The van der Waals surface area contributed by atoms with Crippen molar-refractivity contribution in [3.05, 3.63) is 60.7 Å². The standard InChI is InChI=1S/C27H38N2/c1-7-11-22(4)28-18-21(3)27-16-14-26(19-27,15-17-27)20-29(6)23(5)25-13-10-9-12-24(25)8-2/h8-10,12-13H,2-3,5,7,11,14-20H2,1,4,6H3.